The van der Waals surface area contributed by atoms with Gasteiger partial charge >= 0.3 is 6.18 Å². The minimum absolute atomic E-state index is 0.122. The quantitative estimate of drug-likeness (QED) is 0.466. The number of carbonyl (C=O) groups excluding carboxylic acids is 2. The van der Waals surface area contributed by atoms with Crippen molar-refractivity contribution in [2.24, 2.45) is 0 Å². The van der Waals surface area contributed by atoms with Gasteiger partial charge in [0, 0.05) is 38.3 Å². The first-order valence-corrected chi connectivity index (χ1v) is 12.9. The van der Waals surface area contributed by atoms with E-state index in [1.807, 2.05) is 22.8 Å². The predicted octanol–water partition coefficient (Wildman–Crippen LogP) is 4.49. The molecule has 3 aromatic rings. The van der Waals surface area contributed by atoms with E-state index in [2.05, 4.69) is 16.8 Å². The molecule has 5 rings (SSSR count). The van der Waals surface area contributed by atoms with Crippen molar-refractivity contribution in [3.8, 4) is 0 Å². The number of anilines is 1. The molecule has 2 saturated heterocycles. The molecule has 2 aliphatic rings. The fourth-order valence-corrected chi connectivity index (χ4v) is 5.22. The number of amides is 2. The first-order chi connectivity index (χ1) is 18.7. The van der Waals surface area contributed by atoms with Gasteiger partial charge in [-0.15, -0.1) is 0 Å². The smallest absolute Gasteiger partial charge is 0.379 e. The van der Waals surface area contributed by atoms with Gasteiger partial charge in [-0.1, -0.05) is 18.7 Å². The van der Waals surface area contributed by atoms with Crippen LogP contribution >= 0.6 is 0 Å². The molecule has 2 aromatic carbocycles. The summed E-state index contributed by atoms with van der Waals surface area (Å²) in [6.07, 6.45) is -1.79. The van der Waals surface area contributed by atoms with Crippen LogP contribution in [0.5, 0.6) is 0 Å². The largest absolute Gasteiger partial charge is 0.416 e. The van der Waals surface area contributed by atoms with Crippen LogP contribution in [-0.2, 0) is 22.3 Å². The van der Waals surface area contributed by atoms with E-state index < -0.39 is 17.6 Å². The van der Waals surface area contributed by atoms with E-state index in [0.717, 1.165) is 55.7 Å². The number of alkyl halides is 3. The Hall–Kier alpha value is -3.70. The number of morpholine rings is 1. The molecular weight excluding hydrogens is 511 g/mol. The molecule has 2 amide bonds. The van der Waals surface area contributed by atoms with Crippen molar-refractivity contribution in [3.05, 3.63) is 71.8 Å². The molecule has 3 heterocycles. The van der Waals surface area contributed by atoms with Gasteiger partial charge in [-0.2, -0.15) is 13.2 Å². The number of fused-ring (bicyclic) bond motifs is 1. The normalized spacial score (nSPS) is 18.7. The summed E-state index contributed by atoms with van der Waals surface area (Å²) in [7, 11) is 0. The van der Waals surface area contributed by atoms with Crippen LogP contribution in [-0.4, -0.2) is 70.6 Å². The standard InChI is InChI=1S/C28H30F3N5O3/c1-2-25(37)35-10-4-7-22(18-35)36-24-9-8-19(17-34-11-13-39-14-12-34)15-23(24)32-27(36)33-26(38)20-5-3-6-21(16-20)28(29,30)31/h2-3,5-6,8-9,15-16,22H,1,4,7,10-14,17-18H2,(H,32,33,38)/t22-/m1/s1. The van der Waals surface area contributed by atoms with E-state index in [0.29, 0.717) is 31.8 Å². The molecule has 0 unspecified atom stereocenters. The topological polar surface area (TPSA) is 79.7 Å². The number of benzene rings is 2. The van der Waals surface area contributed by atoms with Crippen molar-refractivity contribution in [1.29, 1.82) is 0 Å². The van der Waals surface area contributed by atoms with Crippen LogP contribution in [0.3, 0.4) is 0 Å². The zero-order chi connectivity index (χ0) is 27.6. The van der Waals surface area contributed by atoms with Gasteiger partial charge in [0.2, 0.25) is 11.9 Å². The number of nitrogens with one attached hydrogen (secondary N) is 1. The molecule has 206 valence electrons. The van der Waals surface area contributed by atoms with Crippen LogP contribution in [0, 0.1) is 0 Å². The highest BCUT2D eigenvalue weighted by Crippen LogP contribution is 2.33. The van der Waals surface area contributed by atoms with E-state index >= 15 is 0 Å². The molecule has 11 heteroatoms. The van der Waals surface area contributed by atoms with Crippen molar-refractivity contribution in [1.82, 2.24) is 19.4 Å². The summed E-state index contributed by atoms with van der Waals surface area (Å²) in [5.74, 6) is -0.638. The number of ether oxygens (including phenoxy) is 1. The lowest BCUT2D eigenvalue weighted by atomic mass is 10.0. The molecule has 2 aliphatic heterocycles. The maximum atomic E-state index is 13.2. The second kappa shape index (κ2) is 11.2. The zero-order valence-corrected chi connectivity index (χ0v) is 21.4. The summed E-state index contributed by atoms with van der Waals surface area (Å²) < 4.78 is 47.1. The van der Waals surface area contributed by atoms with E-state index in [1.165, 1.54) is 18.2 Å². The van der Waals surface area contributed by atoms with Crippen molar-refractivity contribution in [2.75, 3.05) is 44.7 Å². The van der Waals surface area contributed by atoms with Gasteiger partial charge in [0.1, 0.15) is 0 Å². The third-order valence-corrected chi connectivity index (χ3v) is 7.19. The molecule has 39 heavy (non-hydrogen) atoms. The molecule has 2 fully saturated rings. The summed E-state index contributed by atoms with van der Waals surface area (Å²) in [5.41, 5.74) is 1.47. The fraction of sp³-hybridized carbons (Fsp3) is 0.393. The second-order valence-corrected chi connectivity index (χ2v) is 9.83. The maximum Gasteiger partial charge on any atom is 0.416 e. The number of likely N-dealkylation sites (tertiary alicyclic amines) is 1. The number of nitrogens with zero attached hydrogens (tertiary/aromatic N) is 4. The van der Waals surface area contributed by atoms with Crippen molar-refractivity contribution in [2.45, 2.75) is 31.6 Å². The summed E-state index contributed by atoms with van der Waals surface area (Å²) in [6, 6.07) is 10.0. The summed E-state index contributed by atoms with van der Waals surface area (Å²) >= 11 is 0. The molecule has 8 nitrogen and oxygen atoms in total. The molecule has 0 spiro atoms. The van der Waals surface area contributed by atoms with E-state index in [-0.39, 0.29) is 23.5 Å². The van der Waals surface area contributed by atoms with Gasteiger partial charge in [0.05, 0.1) is 35.9 Å². The number of imidazole rings is 1. The number of carbonyl (C=O) groups is 2. The first-order valence-electron chi connectivity index (χ1n) is 12.9. The number of hydrogen-bond acceptors (Lipinski definition) is 5. The Morgan fingerprint density at radius 3 is 2.67 bits per heavy atom. The monoisotopic (exact) mass is 541 g/mol. The molecule has 0 saturated carbocycles. The van der Waals surface area contributed by atoms with Crippen LogP contribution in [0.25, 0.3) is 11.0 Å². The molecular formula is C28H30F3N5O3. The van der Waals surface area contributed by atoms with Gasteiger partial charge in [0.15, 0.2) is 0 Å². The second-order valence-electron chi connectivity index (χ2n) is 9.83. The van der Waals surface area contributed by atoms with Crippen molar-refractivity contribution < 1.29 is 27.5 Å². The van der Waals surface area contributed by atoms with Gasteiger partial charge in [-0.3, -0.25) is 19.8 Å². The number of hydrogen-bond donors (Lipinski definition) is 1. The molecule has 0 radical (unpaired) electrons. The highest BCUT2D eigenvalue weighted by atomic mass is 19.4. The SMILES string of the molecule is C=CC(=O)N1CCC[C@@H](n2c(NC(=O)c3cccc(C(F)(F)F)c3)nc3cc(CN4CCOCC4)ccc32)C1. The van der Waals surface area contributed by atoms with Gasteiger partial charge in [-0.05, 0) is 54.8 Å². The lowest BCUT2D eigenvalue weighted by Crippen LogP contribution is -2.40. The summed E-state index contributed by atoms with van der Waals surface area (Å²) in [6.45, 7) is 8.35. The number of piperidine rings is 1. The first kappa shape index (κ1) is 26.9. The molecule has 1 aromatic heterocycles. The Kier molecular flexibility index (Phi) is 7.72. The zero-order valence-electron chi connectivity index (χ0n) is 21.4. The van der Waals surface area contributed by atoms with Gasteiger partial charge < -0.3 is 14.2 Å². The highest BCUT2D eigenvalue weighted by molar-refractivity contribution is 6.04. The molecule has 1 atom stereocenters. The van der Waals surface area contributed by atoms with Crippen LogP contribution in [0.2, 0.25) is 0 Å². The lowest BCUT2D eigenvalue weighted by molar-refractivity contribution is -0.137. The third-order valence-electron chi connectivity index (χ3n) is 7.19. The van der Waals surface area contributed by atoms with Crippen LogP contribution in [0.1, 0.15) is 40.4 Å². The van der Waals surface area contributed by atoms with E-state index in [9.17, 15) is 22.8 Å². The molecule has 1 N–H and O–H groups in total. The Labute approximate surface area is 224 Å². The average Bonchev–Trinajstić information content (AvgIpc) is 3.29. The minimum Gasteiger partial charge on any atom is -0.379 e. The molecule has 0 aliphatic carbocycles. The number of halogens is 3. The van der Waals surface area contributed by atoms with Crippen molar-refractivity contribution in [3.63, 3.8) is 0 Å². The van der Waals surface area contributed by atoms with E-state index in [1.54, 1.807) is 4.90 Å². The lowest BCUT2D eigenvalue weighted by Gasteiger charge is -2.33. The van der Waals surface area contributed by atoms with Crippen LogP contribution in [0.4, 0.5) is 19.1 Å². The fourth-order valence-electron chi connectivity index (χ4n) is 5.22. The minimum atomic E-state index is -4.57. The summed E-state index contributed by atoms with van der Waals surface area (Å²) in [5, 5.41) is 2.75. The highest BCUT2D eigenvalue weighted by Gasteiger charge is 2.32. The van der Waals surface area contributed by atoms with E-state index in [4.69, 9.17) is 9.72 Å². The average molecular weight is 542 g/mol. The van der Waals surface area contributed by atoms with Crippen LogP contribution in [0.15, 0.2) is 55.1 Å². The summed E-state index contributed by atoms with van der Waals surface area (Å²) in [4.78, 5) is 34.2. The Balaban J connectivity index is 1.49. The third kappa shape index (κ3) is 5.99. The maximum absolute atomic E-state index is 13.2. The molecule has 0 bridgehead atoms. The van der Waals surface area contributed by atoms with Gasteiger partial charge in [-0.25, -0.2) is 4.98 Å². The van der Waals surface area contributed by atoms with Crippen LogP contribution < -0.4 is 5.32 Å². The number of aromatic nitrogens is 2. The Morgan fingerprint density at radius 2 is 1.92 bits per heavy atom. The van der Waals surface area contributed by atoms with Crippen molar-refractivity contribution >= 4 is 28.8 Å². The van der Waals surface area contributed by atoms with Gasteiger partial charge in [0.25, 0.3) is 5.91 Å². The number of rotatable bonds is 6. The predicted molar refractivity (Wildman–Crippen MR) is 140 cm³/mol. The Morgan fingerprint density at radius 1 is 1.13 bits per heavy atom. The Bertz CT molecular complexity index is 1380.